The Bertz CT molecular complexity index is 422. The van der Waals surface area contributed by atoms with Crippen LogP contribution < -0.4 is 5.73 Å². The van der Waals surface area contributed by atoms with Crippen LogP contribution in [0.1, 0.15) is 5.56 Å². The predicted molar refractivity (Wildman–Crippen MR) is 53.9 cm³/mol. The molecule has 68 valence electrons. The van der Waals surface area contributed by atoms with Crippen LogP contribution in [0.4, 0.5) is 0 Å². The Kier molecular flexibility index (Phi) is 2.20. The highest BCUT2D eigenvalue weighted by Gasteiger charge is 2.03. The maximum absolute atomic E-state index is 6.03. The number of aromatic nitrogens is 2. The van der Waals surface area contributed by atoms with E-state index in [4.69, 9.17) is 17.3 Å². The topological polar surface area (TPSA) is 54.7 Å². The molecule has 2 aromatic rings. The van der Waals surface area contributed by atoms with Crippen molar-refractivity contribution >= 4 is 22.6 Å². The molecule has 0 unspecified atom stereocenters. The lowest BCUT2D eigenvalue weighted by atomic mass is 10.1. The number of hydrogen-bond acceptors (Lipinski definition) is 2. The Balaban J connectivity index is 2.56. The molecular weight excluding hydrogens is 186 g/mol. The van der Waals surface area contributed by atoms with Gasteiger partial charge in [0.2, 0.25) is 0 Å². The first-order valence-electron chi connectivity index (χ1n) is 4.13. The number of hydrogen-bond donors (Lipinski definition) is 2. The molecule has 0 saturated heterocycles. The summed E-state index contributed by atoms with van der Waals surface area (Å²) < 4.78 is 0. The number of rotatable bonds is 2. The van der Waals surface area contributed by atoms with Crippen LogP contribution in [0, 0.1) is 0 Å². The summed E-state index contributed by atoms with van der Waals surface area (Å²) in [5.74, 6) is 0. The highest BCUT2D eigenvalue weighted by Crippen LogP contribution is 2.21. The molecule has 0 bridgehead atoms. The average Bonchev–Trinajstić information content (AvgIpc) is 2.52. The third-order valence-corrected chi connectivity index (χ3v) is 2.35. The Morgan fingerprint density at radius 1 is 1.46 bits per heavy atom. The molecule has 3 N–H and O–H groups in total. The van der Waals surface area contributed by atoms with Crippen molar-refractivity contribution in [3.05, 3.63) is 29.0 Å². The van der Waals surface area contributed by atoms with Crippen LogP contribution in [0.3, 0.4) is 0 Å². The molecule has 0 spiro atoms. The molecule has 1 aromatic heterocycles. The third-order valence-electron chi connectivity index (χ3n) is 2.00. The molecule has 1 aromatic carbocycles. The zero-order chi connectivity index (χ0) is 9.26. The van der Waals surface area contributed by atoms with Crippen LogP contribution in [-0.2, 0) is 6.42 Å². The smallest absolute Gasteiger partial charge is 0.0931 e. The number of fused-ring (bicyclic) bond motifs is 1. The minimum atomic E-state index is 0.610. The molecule has 13 heavy (non-hydrogen) atoms. The number of nitrogens with one attached hydrogen (secondary N) is 1. The van der Waals surface area contributed by atoms with Crippen LogP contribution in [-0.4, -0.2) is 16.5 Å². The van der Waals surface area contributed by atoms with E-state index in [2.05, 4.69) is 9.97 Å². The highest BCUT2D eigenvalue weighted by atomic mass is 35.5. The lowest BCUT2D eigenvalue weighted by Gasteiger charge is -2.01. The molecule has 0 aliphatic rings. The zero-order valence-electron chi connectivity index (χ0n) is 7.05. The van der Waals surface area contributed by atoms with Gasteiger partial charge in [-0.15, -0.1) is 0 Å². The number of halogens is 1. The lowest BCUT2D eigenvalue weighted by Crippen LogP contribution is -2.03. The van der Waals surface area contributed by atoms with Crippen molar-refractivity contribution < 1.29 is 0 Å². The number of aromatic amines is 1. The quantitative estimate of drug-likeness (QED) is 0.767. The molecule has 0 saturated carbocycles. The second kappa shape index (κ2) is 3.36. The maximum Gasteiger partial charge on any atom is 0.0931 e. The van der Waals surface area contributed by atoms with Gasteiger partial charge in [-0.05, 0) is 30.7 Å². The SMILES string of the molecule is NCCc1cc2[nH]cnc2cc1Cl. The van der Waals surface area contributed by atoms with Gasteiger partial charge in [0.25, 0.3) is 0 Å². The second-order valence-corrected chi connectivity index (χ2v) is 3.31. The highest BCUT2D eigenvalue weighted by molar-refractivity contribution is 6.32. The van der Waals surface area contributed by atoms with Gasteiger partial charge in [0.1, 0.15) is 0 Å². The van der Waals surface area contributed by atoms with Gasteiger partial charge in [-0.25, -0.2) is 4.98 Å². The molecule has 0 aliphatic heterocycles. The summed E-state index contributed by atoms with van der Waals surface area (Å²) in [6.45, 7) is 0.610. The molecule has 1 heterocycles. The van der Waals surface area contributed by atoms with E-state index in [1.165, 1.54) is 0 Å². The van der Waals surface area contributed by atoms with Crippen LogP contribution in [0.2, 0.25) is 5.02 Å². The molecule has 0 fully saturated rings. The van der Waals surface area contributed by atoms with Gasteiger partial charge in [0.05, 0.1) is 17.4 Å². The first-order chi connectivity index (χ1) is 6.31. The molecule has 0 radical (unpaired) electrons. The standard InChI is InChI=1S/C9H10ClN3/c10-7-4-9-8(12-5-13-9)3-6(7)1-2-11/h3-5H,1-2,11H2,(H,12,13). The molecular formula is C9H10ClN3. The summed E-state index contributed by atoms with van der Waals surface area (Å²) in [7, 11) is 0. The van der Waals surface area contributed by atoms with E-state index < -0.39 is 0 Å². The second-order valence-electron chi connectivity index (χ2n) is 2.90. The monoisotopic (exact) mass is 195 g/mol. The summed E-state index contributed by atoms with van der Waals surface area (Å²) in [4.78, 5) is 7.14. The van der Waals surface area contributed by atoms with Crippen molar-refractivity contribution in [3.8, 4) is 0 Å². The summed E-state index contributed by atoms with van der Waals surface area (Å²) in [5, 5.41) is 0.741. The molecule has 4 heteroatoms. The fraction of sp³-hybridized carbons (Fsp3) is 0.222. The van der Waals surface area contributed by atoms with E-state index >= 15 is 0 Å². The normalized spacial score (nSPS) is 10.9. The average molecular weight is 196 g/mol. The third kappa shape index (κ3) is 1.53. The maximum atomic E-state index is 6.03. The minimum absolute atomic E-state index is 0.610. The Morgan fingerprint density at radius 3 is 3.08 bits per heavy atom. The van der Waals surface area contributed by atoms with E-state index in [-0.39, 0.29) is 0 Å². The van der Waals surface area contributed by atoms with Gasteiger partial charge >= 0.3 is 0 Å². The molecule has 0 amide bonds. The number of nitrogens with zero attached hydrogens (tertiary/aromatic N) is 1. The van der Waals surface area contributed by atoms with Crippen LogP contribution in [0.5, 0.6) is 0 Å². The number of H-pyrrole nitrogens is 1. The summed E-state index contributed by atoms with van der Waals surface area (Å²) in [6, 6.07) is 3.86. The fourth-order valence-corrected chi connectivity index (χ4v) is 1.60. The van der Waals surface area contributed by atoms with Gasteiger partial charge in [-0.2, -0.15) is 0 Å². The molecule has 2 rings (SSSR count). The first-order valence-corrected chi connectivity index (χ1v) is 4.50. The van der Waals surface area contributed by atoms with Gasteiger partial charge < -0.3 is 10.7 Å². The van der Waals surface area contributed by atoms with Crippen molar-refractivity contribution in [2.75, 3.05) is 6.54 Å². The van der Waals surface area contributed by atoms with E-state index in [0.717, 1.165) is 28.0 Å². The largest absolute Gasteiger partial charge is 0.345 e. The Labute approximate surface area is 80.9 Å². The van der Waals surface area contributed by atoms with Crippen molar-refractivity contribution in [2.24, 2.45) is 5.73 Å². The van der Waals surface area contributed by atoms with Crippen molar-refractivity contribution in [1.29, 1.82) is 0 Å². The van der Waals surface area contributed by atoms with Crippen molar-refractivity contribution in [2.45, 2.75) is 6.42 Å². The number of imidazole rings is 1. The summed E-state index contributed by atoms with van der Waals surface area (Å²) >= 11 is 6.03. The summed E-state index contributed by atoms with van der Waals surface area (Å²) in [5.41, 5.74) is 8.44. The van der Waals surface area contributed by atoms with Crippen LogP contribution in [0.25, 0.3) is 11.0 Å². The van der Waals surface area contributed by atoms with Crippen molar-refractivity contribution in [1.82, 2.24) is 9.97 Å². The van der Waals surface area contributed by atoms with Gasteiger partial charge in [0.15, 0.2) is 0 Å². The van der Waals surface area contributed by atoms with Gasteiger partial charge in [-0.1, -0.05) is 11.6 Å². The number of nitrogens with two attached hydrogens (primary N) is 1. The Hall–Kier alpha value is -1.06. The fourth-order valence-electron chi connectivity index (χ4n) is 1.35. The van der Waals surface area contributed by atoms with Crippen LogP contribution in [0.15, 0.2) is 18.5 Å². The van der Waals surface area contributed by atoms with E-state index in [1.54, 1.807) is 6.33 Å². The minimum Gasteiger partial charge on any atom is -0.345 e. The van der Waals surface area contributed by atoms with E-state index in [1.807, 2.05) is 12.1 Å². The van der Waals surface area contributed by atoms with Gasteiger partial charge in [-0.3, -0.25) is 0 Å². The van der Waals surface area contributed by atoms with Crippen molar-refractivity contribution in [3.63, 3.8) is 0 Å². The lowest BCUT2D eigenvalue weighted by molar-refractivity contribution is 0.970. The first kappa shape index (κ1) is 8.53. The molecule has 0 aliphatic carbocycles. The predicted octanol–water partition coefficient (Wildman–Crippen LogP) is 1.72. The Morgan fingerprint density at radius 2 is 2.31 bits per heavy atom. The van der Waals surface area contributed by atoms with Gasteiger partial charge in [0, 0.05) is 5.02 Å². The summed E-state index contributed by atoms with van der Waals surface area (Å²) in [6.07, 6.45) is 2.46. The number of benzene rings is 1. The van der Waals surface area contributed by atoms with Crippen LogP contribution >= 0.6 is 11.6 Å². The van der Waals surface area contributed by atoms with E-state index in [0.29, 0.717) is 6.54 Å². The molecule has 0 atom stereocenters. The van der Waals surface area contributed by atoms with E-state index in [9.17, 15) is 0 Å². The zero-order valence-corrected chi connectivity index (χ0v) is 7.80. The molecule has 3 nitrogen and oxygen atoms in total.